The van der Waals surface area contributed by atoms with Crippen molar-refractivity contribution in [2.75, 3.05) is 26.4 Å². The average molecular weight is 592 g/mol. The van der Waals surface area contributed by atoms with E-state index in [2.05, 4.69) is 18.1 Å². The maximum Gasteiger partial charge on any atom is 0.0653 e. The van der Waals surface area contributed by atoms with Crippen LogP contribution in [-0.2, 0) is 36.4 Å². The van der Waals surface area contributed by atoms with Gasteiger partial charge in [-0.05, 0) is 0 Å². The second-order valence-electron chi connectivity index (χ2n) is 4.38. The Hall–Kier alpha value is 0.120. The molecular weight excluding hydrogens is 552 g/mol. The first kappa shape index (κ1) is 58.7. The lowest BCUT2D eigenvalue weighted by atomic mass is 9.93. The van der Waals surface area contributed by atoms with Crippen LogP contribution in [0, 0.1) is 5.41 Å². The molecule has 24 nitrogen and oxygen atoms in total. The summed E-state index contributed by atoms with van der Waals surface area (Å²) >= 11 is 0. The van der Waals surface area contributed by atoms with E-state index >= 15 is 0 Å². The zero-order chi connectivity index (χ0) is 20.2. The monoisotopic (exact) mass is 592 g/mol. The quantitative estimate of drug-likeness (QED) is 0.101. The van der Waals surface area contributed by atoms with E-state index in [1.165, 1.54) is 0 Å². The minimum absolute atomic E-state index is 0. The summed E-state index contributed by atoms with van der Waals surface area (Å²) in [5, 5.41) is 0. The first-order valence-electron chi connectivity index (χ1n) is 5.49. The second kappa shape index (κ2) is 21.4. The highest BCUT2D eigenvalue weighted by Gasteiger charge is 2.34. The lowest BCUT2D eigenvalue weighted by molar-refractivity contribution is -0.349. The number of hydrogen-bond acceptors (Lipinski definition) is 16. The summed E-state index contributed by atoms with van der Waals surface area (Å²) in [6.07, 6.45) is 0. The zero-order valence-corrected chi connectivity index (χ0v) is 23.2. The van der Waals surface area contributed by atoms with Gasteiger partial charge in [0.15, 0.2) is 0 Å². The van der Waals surface area contributed by atoms with Crippen LogP contribution in [0.25, 0.3) is 0 Å². The summed E-state index contributed by atoms with van der Waals surface area (Å²) in [4.78, 5) is 83.8. The van der Waals surface area contributed by atoms with Gasteiger partial charge in [0, 0.05) is 0 Å². The lowest BCUT2D eigenvalue weighted by Crippen LogP contribution is -2.43. The van der Waals surface area contributed by atoms with E-state index in [0.717, 1.165) is 0 Å². The van der Waals surface area contributed by atoms with Crippen LogP contribution < -0.4 is 88.4 Å². The van der Waals surface area contributed by atoms with Gasteiger partial charge in [-0.1, -0.05) is 0 Å². The maximum atomic E-state index is 10.5. The van der Waals surface area contributed by atoms with E-state index in [-0.39, 0.29) is 49.2 Å². The van der Waals surface area contributed by atoms with Gasteiger partial charge >= 0.3 is 0 Å². The Morgan fingerprint density at radius 1 is 0.394 bits per heavy atom. The molecule has 33 heavy (non-hydrogen) atoms. The predicted molar refractivity (Wildman–Crippen MR) is 105 cm³/mol. The van der Waals surface area contributed by atoms with E-state index in [1.807, 2.05) is 0 Å². The average Bonchev–Trinajstić information content (AvgIpc) is 2.33. The fourth-order valence-corrected chi connectivity index (χ4v) is 2.84. The van der Waals surface area contributed by atoms with Crippen LogP contribution in [0.1, 0.15) is 0 Å². The molecule has 0 aromatic carbocycles. The summed E-state index contributed by atoms with van der Waals surface area (Å²) in [5.74, 6) is 0. The molecule has 0 heterocycles. The van der Waals surface area contributed by atoms with Crippen LogP contribution in [0.5, 0.6) is 0 Å². The number of rotatable bonds is 12. The van der Waals surface area contributed by atoms with Gasteiger partial charge in [0.1, 0.15) is 0 Å². The molecule has 0 unspecified atom stereocenters. The molecular formula is C5H40N8O16P4. The fourth-order valence-electron chi connectivity index (χ4n) is 1.11. The predicted octanol–water partition coefficient (Wildman–Crippen LogP) is -3.64. The van der Waals surface area contributed by atoms with Gasteiger partial charge in [0.05, 0.1) is 63.1 Å². The van der Waals surface area contributed by atoms with Crippen LogP contribution in [0.3, 0.4) is 0 Å². The van der Waals surface area contributed by atoms with Crippen LogP contribution in [0.2, 0.25) is 0 Å². The first-order valence-corrected chi connectivity index (χ1v) is 11.3. The number of quaternary nitrogens is 8. The van der Waals surface area contributed by atoms with E-state index in [1.54, 1.807) is 0 Å². The molecule has 0 fully saturated rings. The number of phosphoric ester groups is 4. The molecule has 216 valence electrons. The van der Waals surface area contributed by atoms with Gasteiger partial charge in [0.2, 0.25) is 0 Å². The Kier molecular flexibility index (Phi) is 38.1. The van der Waals surface area contributed by atoms with Crippen molar-refractivity contribution in [3.63, 3.8) is 0 Å². The normalized spacial score (nSPS) is 11.2. The van der Waals surface area contributed by atoms with Crippen molar-refractivity contribution in [3.05, 3.63) is 0 Å². The number of hydrogen-bond donors (Lipinski definition) is 8. The summed E-state index contributed by atoms with van der Waals surface area (Å²) in [6, 6.07) is 0. The van der Waals surface area contributed by atoms with Crippen molar-refractivity contribution in [1.29, 1.82) is 0 Å². The second-order valence-corrected chi connectivity index (χ2v) is 8.99. The van der Waals surface area contributed by atoms with E-state index in [0.29, 0.717) is 0 Å². The minimum Gasteiger partial charge on any atom is -0.790 e. The molecule has 0 saturated heterocycles. The number of phosphoric acid groups is 4. The van der Waals surface area contributed by atoms with Crippen molar-refractivity contribution in [3.8, 4) is 0 Å². The van der Waals surface area contributed by atoms with Crippen molar-refractivity contribution < 1.29 is 75.5 Å². The Bertz CT molecular complexity index is 521. The third-order valence-corrected chi connectivity index (χ3v) is 3.90. The van der Waals surface area contributed by atoms with E-state index in [9.17, 15) is 57.4 Å². The Balaban J connectivity index is -0.000000103. The molecule has 0 atom stereocenters. The van der Waals surface area contributed by atoms with Crippen LogP contribution in [0.15, 0.2) is 0 Å². The van der Waals surface area contributed by atoms with Crippen molar-refractivity contribution in [2.45, 2.75) is 0 Å². The van der Waals surface area contributed by atoms with E-state index < -0.39 is 63.1 Å². The van der Waals surface area contributed by atoms with Crippen molar-refractivity contribution >= 4 is 31.3 Å². The molecule has 0 aliphatic rings. The Morgan fingerprint density at radius 2 is 0.515 bits per heavy atom. The molecule has 0 rings (SSSR count). The SMILES string of the molecule is O=P([O-])([O-])OCC(COP(=O)([O-])[O-])(COP(=O)([O-])[O-])COP(=O)([O-])[O-].[NH4+].[NH4+].[NH4+].[NH4+].[NH4+].[NH4+].[NH4+].[NH4+]. The highest BCUT2D eigenvalue weighted by atomic mass is 31.2. The molecule has 0 bridgehead atoms. The molecule has 32 N–H and O–H groups in total. The van der Waals surface area contributed by atoms with Gasteiger partial charge in [0.25, 0.3) is 0 Å². The molecule has 0 radical (unpaired) electrons. The van der Waals surface area contributed by atoms with Crippen LogP contribution in [0.4, 0.5) is 0 Å². The molecule has 0 saturated carbocycles. The largest absolute Gasteiger partial charge is 0.790 e. The zero-order valence-electron chi connectivity index (χ0n) is 19.6. The molecule has 28 heteroatoms. The van der Waals surface area contributed by atoms with Gasteiger partial charge in [-0.3, -0.25) is 0 Å². The molecule has 0 spiro atoms. The summed E-state index contributed by atoms with van der Waals surface area (Å²) in [6.45, 7) is -6.23. The summed E-state index contributed by atoms with van der Waals surface area (Å²) < 4.78 is 56.8. The Morgan fingerprint density at radius 3 is 0.606 bits per heavy atom. The fraction of sp³-hybridized carbons (Fsp3) is 1.00. The van der Waals surface area contributed by atoms with Crippen molar-refractivity contribution in [1.82, 2.24) is 49.2 Å². The van der Waals surface area contributed by atoms with Gasteiger partial charge in [-0.2, -0.15) is 0 Å². The molecule has 0 aromatic rings. The highest BCUT2D eigenvalue weighted by molar-refractivity contribution is 7.44. The lowest BCUT2D eigenvalue weighted by Gasteiger charge is -2.43. The van der Waals surface area contributed by atoms with Gasteiger partial charge in [-0.25, -0.2) is 0 Å². The van der Waals surface area contributed by atoms with E-state index in [4.69, 9.17) is 0 Å². The summed E-state index contributed by atoms with van der Waals surface area (Å²) in [5.41, 5.74) is -2.65. The molecule has 0 aliphatic carbocycles. The van der Waals surface area contributed by atoms with Gasteiger partial charge in [-0.15, -0.1) is 0 Å². The standard InChI is InChI=1S/C5H16O16P4.8H3N/c6-22(7,8)18-1-5(2-19-23(9,10)11,3-20-24(12,13)14)4-21-25(15,16)17;;;;;;;;/h1-4H2,(H2,6,7,8)(H2,9,10,11)(H2,12,13,14)(H2,15,16,17);8*1H3. The molecule has 0 amide bonds. The third kappa shape index (κ3) is 36.9. The first-order chi connectivity index (χ1) is 10.8. The van der Waals surface area contributed by atoms with Crippen LogP contribution in [-0.4, -0.2) is 26.4 Å². The molecule has 0 aromatic heterocycles. The van der Waals surface area contributed by atoms with Gasteiger partial charge < -0.3 is 125 Å². The minimum atomic E-state index is -5.80. The van der Waals surface area contributed by atoms with Crippen molar-refractivity contribution in [2.24, 2.45) is 5.41 Å². The smallest absolute Gasteiger partial charge is 0.0653 e. The topological polar surface area (TPSA) is 582 Å². The van der Waals surface area contributed by atoms with Crippen LogP contribution >= 0.6 is 31.3 Å². The third-order valence-electron chi connectivity index (χ3n) is 2.12. The molecule has 0 aliphatic heterocycles. The Labute approximate surface area is 188 Å². The summed E-state index contributed by atoms with van der Waals surface area (Å²) in [7, 11) is -23.2. The highest BCUT2D eigenvalue weighted by Crippen LogP contribution is 2.39. The maximum absolute atomic E-state index is 10.5.